The summed E-state index contributed by atoms with van der Waals surface area (Å²) in [5, 5.41) is 2.15. The van der Waals surface area contributed by atoms with Gasteiger partial charge in [0.2, 0.25) is 0 Å². The molecule has 0 aliphatic carbocycles. The highest BCUT2D eigenvalue weighted by atomic mass is 32.1. The van der Waals surface area contributed by atoms with Crippen molar-refractivity contribution in [3.05, 3.63) is 52.2 Å². The number of nitrogens with two attached hydrogens (primary N) is 1. The van der Waals surface area contributed by atoms with Gasteiger partial charge >= 0.3 is 0 Å². The number of fused-ring (bicyclic) bond motifs is 1. The van der Waals surface area contributed by atoms with Crippen LogP contribution in [0.4, 0.5) is 0 Å². The maximum atomic E-state index is 6.36. The Morgan fingerprint density at radius 3 is 3.00 bits per heavy atom. The summed E-state index contributed by atoms with van der Waals surface area (Å²) in [7, 11) is 0. The van der Waals surface area contributed by atoms with Crippen LogP contribution < -0.4 is 10.5 Å². The molecule has 2 N–H and O–H groups in total. The van der Waals surface area contributed by atoms with E-state index in [1.54, 1.807) is 0 Å². The lowest BCUT2D eigenvalue weighted by Crippen LogP contribution is -2.25. The number of thiophene rings is 1. The Morgan fingerprint density at radius 2 is 2.14 bits per heavy atom. The van der Waals surface area contributed by atoms with Gasteiger partial charge in [-0.1, -0.05) is 24.3 Å². The van der Waals surface area contributed by atoms with E-state index in [4.69, 9.17) is 10.5 Å². The van der Waals surface area contributed by atoms with Gasteiger partial charge in [-0.15, -0.1) is 11.3 Å². The third-order valence-electron chi connectivity index (χ3n) is 4.25. The number of rotatable bonds is 6. The van der Waals surface area contributed by atoms with E-state index in [0.29, 0.717) is 12.0 Å². The van der Waals surface area contributed by atoms with Gasteiger partial charge in [-0.2, -0.15) is 0 Å². The molecule has 3 heteroatoms. The predicted octanol–water partition coefficient (Wildman–Crippen LogP) is 4.35. The molecule has 1 aliphatic heterocycles. The van der Waals surface area contributed by atoms with Crippen LogP contribution in [0.5, 0.6) is 5.75 Å². The minimum Gasteiger partial charge on any atom is -0.493 e. The van der Waals surface area contributed by atoms with Crippen LogP contribution in [-0.4, -0.2) is 12.6 Å². The first-order valence-electron chi connectivity index (χ1n) is 7.82. The van der Waals surface area contributed by atoms with Crippen LogP contribution in [0.3, 0.4) is 0 Å². The molecular weight excluding hydrogens is 278 g/mol. The average Bonchev–Trinajstić information content (AvgIpc) is 3.01. The molecule has 0 bridgehead atoms. The number of aryl methyl sites for hydroxylation is 1. The molecule has 2 atom stereocenters. The summed E-state index contributed by atoms with van der Waals surface area (Å²) in [6, 6.07) is 13.0. The van der Waals surface area contributed by atoms with E-state index < -0.39 is 0 Å². The first kappa shape index (κ1) is 14.6. The predicted molar refractivity (Wildman–Crippen MR) is 89.1 cm³/mol. The molecule has 2 unspecified atom stereocenters. The molecule has 0 saturated carbocycles. The molecule has 0 radical (unpaired) electrons. The number of ether oxygens (including phenoxy) is 1. The van der Waals surface area contributed by atoms with Crippen LogP contribution >= 0.6 is 11.3 Å². The van der Waals surface area contributed by atoms with Gasteiger partial charge in [0, 0.05) is 10.9 Å². The largest absolute Gasteiger partial charge is 0.493 e. The first-order chi connectivity index (χ1) is 10.3. The summed E-state index contributed by atoms with van der Waals surface area (Å²) < 4.78 is 5.73. The lowest BCUT2D eigenvalue weighted by atomic mass is 9.86. The average molecular weight is 301 g/mol. The normalized spacial score (nSPS) is 18.8. The van der Waals surface area contributed by atoms with Crippen LogP contribution in [0, 0.1) is 0 Å². The van der Waals surface area contributed by atoms with Crippen molar-refractivity contribution in [3.8, 4) is 5.75 Å². The van der Waals surface area contributed by atoms with Gasteiger partial charge in [-0.25, -0.2) is 0 Å². The second-order valence-corrected chi connectivity index (χ2v) is 6.87. The second-order valence-electron chi connectivity index (χ2n) is 5.84. The second kappa shape index (κ2) is 7.10. The fourth-order valence-electron chi connectivity index (χ4n) is 3.14. The fourth-order valence-corrected chi connectivity index (χ4v) is 3.89. The molecule has 0 spiro atoms. The highest BCUT2D eigenvalue weighted by molar-refractivity contribution is 7.09. The zero-order valence-corrected chi connectivity index (χ0v) is 13.1. The van der Waals surface area contributed by atoms with Crippen molar-refractivity contribution in [3.63, 3.8) is 0 Å². The highest BCUT2D eigenvalue weighted by Crippen LogP contribution is 2.36. The molecule has 0 fully saturated rings. The molecule has 0 amide bonds. The van der Waals surface area contributed by atoms with Gasteiger partial charge in [-0.05, 0) is 61.1 Å². The molecule has 1 aromatic carbocycles. The van der Waals surface area contributed by atoms with E-state index in [0.717, 1.165) is 38.0 Å². The molecule has 1 aliphatic rings. The van der Waals surface area contributed by atoms with E-state index >= 15 is 0 Å². The van der Waals surface area contributed by atoms with E-state index in [-0.39, 0.29) is 0 Å². The Labute approximate surface area is 130 Å². The molecule has 2 heterocycles. The van der Waals surface area contributed by atoms with Crippen LogP contribution in [0.2, 0.25) is 0 Å². The zero-order chi connectivity index (χ0) is 14.5. The van der Waals surface area contributed by atoms with Crippen LogP contribution in [-0.2, 0) is 6.42 Å². The monoisotopic (exact) mass is 301 g/mol. The van der Waals surface area contributed by atoms with Crippen molar-refractivity contribution in [2.45, 2.75) is 44.1 Å². The standard InChI is InChI=1S/C18H23NOS/c19-15(5-3-6-16-7-4-12-21-16)13-14-10-11-20-18-9-2-1-8-17(14)18/h1-2,4,7-9,12,14-15H,3,5-6,10-11,13,19H2. The Morgan fingerprint density at radius 1 is 1.24 bits per heavy atom. The SMILES string of the molecule is NC(CCCc1cccs1)CC1CCOc2ccccc21. The molecule has 3 rings (SSSR count). The van der Waals surface area contributed by atoms with E-state index in [1.165, 1.54) is 16.9 Å². The van der Waals surface area contributed by atoms with Crippen molar-refractivity contribution in [2.24, 2.45) is 5.73 Å². The van der Waals surface area contributed by atoms with Crippen molar-refractivity contribution < 1.29 is 4.74 Å². The van der Waals surface area contributed by atoms with Gasteiger partial charge in [-0.3, -0.25) is 0 Å². The maximum absolute atomic E-state index is 6.36. The van der Waals surface area contributed by atoms with Crippen molar-refractivity contribution in [1.29, 1.82) is 0 Å². The molecular formula is C18H23NOS. The van der Waals surface area contributed by atoms with Gasteiger partial charge in [0.1, 0.15) is 5.75 Å². The number of hydrogen-bond acceptors (Lipinski definition) is 3. The van der Waals surface area contributed by atoms with E-state index in [9.17, 15) is 0 Å². The summed E-state index contributed by atoms with van der Waals surface area (Å²) in [5.74, 6) is 1.62. The van der Waals surface area contributed by atoms with Gasteiger partial charge < -0.3 is 10.5 Å². The Bertz CT molecular complexity index is 552. The first-order valence-corrected chi connectivity index (χ1v) is 8.70. The molecule has 2 aromatic rings. The van der Waals surface area contributed by atoms with Crippen molar-refractivity contribution in [1.82, 2.24) is 0 Å². The van der Waals surface area contributed by atoms with Crippen molar-refractivity contribution in [2.75, 3.05) is 6.61 Å². The molecule has 2 nitrogen and oxygen atoms in total. The van der Waals surface area contributed by atoms with E-state index in [2.05, 4.69) is 35.7 Å². The summed E-state index contributed by atoms with van der Waals surface area (Å²) in [6.07, 6.45) is 5.63. The van der Waals surface area contributed by atoms with Gasteiger partial charge in [0.25, 0.3) is 0 Å². The highest BCUT2D eigenvalue weighted by Gasteiger charge is 2.22. The maximum Gasteiger partial charge on any atom is 0.122 e. The Hall–Kier alpha value is -1.32. The third kappa shape index (κ3) is 3.86. The minimum atomic E-state index is 0.293. The van der Waals surface area contributed by atoms with Crippen molar-refractivity contribution >= 4 is 11.3 Å². The number of para-hydroxylation sites is 1. The summed E-state index contributed by atoms with van der Waals surface area (Å²) in [5.41, 5.74) is 7.71. The fraction of sp³-hybridized carbons (Fsp3) is 0.444. The lowest BCUT2D eigenvalue weighted by Gasteiger charge is -2.27. The minimum absolute atomic E-state index is 0.293. The van der Waals surface area contributed by atoms with Crippen LogP contribution in [0.1, 0.15) is 42.0 Å². The summed E-state index contributed by atoms with van der Waals surface area (Å²) >= 11 is 1.84. The quantitative estimate of drug-likeness (QED) is 0.860. The lowest BCUT2D eigenvalue weighted by molar-refractivity contribution is 0.257. The number of hydrogen-bond donors (Lipinski definition) is 1. The molecule has 21 heavy (non-hydrogen) atoms. The van der Waals surface area contributed by atoms with E-state index in [1.807, 2.05) is 17.4 Å². The Kier molecular flexibility index (Phi) is 4.94. The Balaban J connectivity index is 1.50. The molecule has 0 saturated heterocycles. The molecule has 112 valence electrons. The smallest absolute Gasteiger partial charge is 0.122 e. The number of benzene rings is 1. The topological polar surface area (TPSA) is 35.2 Å². The van der Waals surface area contributed by atoms with Gasteiger partial charge in [0.05, 0.1) is 6.61 Å². The van der Waals surface area contributed by atoms with Crippen LogP contribution in [0.15, 0.2) is 41.8 Å². The van der Waals surface area contributed by atoms with Crippen LogP contribution in [0.25, 0.3) is 0 Å². The van der Waals surface area contributed by atoms with Gasteiger partial charge in [0.15, 0.2) is 0 Å². The zero-order valence-electron chi connectivity index (χ0n) is 12.3. The molecule has 1 aromatic heterocycles. The third-order valence-corrected chi connectivity index (χ3v) is 5.18. The summed E-state index contributed by atoms with van der Waals surface area (Å²) in [6.45, 7) is 0.823. The summed E-state index contributed by atoms with van der Waals surface area (Å²) in [4.78, 5) is 1.47.